The third-order valence-electron chi connectivity index (χ3n) is 5.12. The average molecular weight is 220 g/mol. The summed E-state index contributed by atoms with van der Waals surface area (Å²) in [6.07, 6.45) is 6.49. The molecule has 0 heterocycles. The molecular weight excluding hydrogens is 196 g/mol. The molecule has 0 aliphatic heterocycles. The van der Waals surface area contributed by atoms with E-state index in [-0.39, 0.29) is 0 Å². The number of fused-ring (bicyclic) bond motifs is 1. The van der Waals surface area contributed by atoms with Gasteiger partial charge in [-0.15, -0.1) is 0 Å². The number of allylic oxidation sites excluding steroid dienone is 2. The van der Waals surface area contributed by atoms with Gasteiger partial charge in [-0.25, -0.2) is 0 Å². The first-order valence-corrected chi connectivity index (χ1v) is 6.67. The third-order valence-corrected chi connectivity index (χ3v) is 5.12. The molecule has 1 nitrogen and oxygen atoms in total. The van der Waals surface area contributed by atoms with Gasteiger partial charge in [0.05, 0.1) is 0 Å². The van der Waals surface area contributed by atoms with E-state index in [0.717, 1.165) is 24.7 Å². The SMILES string of the molecule is CC(C)[C@@H]1CC[C@]2(C)C(=CC(=O)C[C@H]2C)C1. The van der Waals surface area contributed by atoms with Crippen molar-refractivity contribution in [3.8, 4) is 0 Å². The summed E-state index contributed by atoms with van der Waals surface area (Å²) in [5.74, 6) is 2.42. The van der Waals surface area contributed by atoms with Crippen molar-refractivity contribution in [2.24, 2.45) is 23.2 Å². The van der Waals surface area contributed by atoms with E-state index in [2.05, 4.69) is 27.7 Å². The van der Waals surface area contributed by atoms with E-state index in [1.807, 2.05) is 6.08 Å². The van der Waals surface area contributed by atoms with E-state index in [1.165, 1.54) is 18.4 Å². The fourth-order valence-corrected chi connectivity index (χ4v) is 3.40. The molecule has 90 valence electrons. The minimum absolute atomic E-state index is 0.319. The Hall–Kier alpha value is -0.590. The van der Waals surface area contributed by atoms with E-state index in [9.17, 15) is 4.79 Å². The van der Waals surface area contributed by atoms with E-state index in [0.29, 0.717) is 17.1 Å². The summed E-state index contributed by atoms with van der Waals surface area (Å²) >= 11 is 0. The highest BCUT2D eigenvalue weighted by Crippen LogP contribution is 2.52. The predicted molar refractivity (Wildman–Crippen MR) is 67.2 cm³/mol. The van der Waals surface area contributed by atoms with Gasteiger partial charge < -0.3 is 0 Å². The van der Waals surface area contributed by atoms with Crippen LogP contribution >= 0.6 is 0 Å². The minimum Gasteiger partial charge on any atom is -0.295 e. The number of hydrogen-bond acceptors (Lipinski definition) is 1. The molecule has 0 unspecified atom stereocenters. The molecule has 2 aliphatic rings. The molecule has 3 atom stereocenters. The Bertz CT molecular complexity index is 326. The molecular formula is C15H24O. The van der Waals surface area contributed by atoms with Crippen LogP contribution < -0.4 is 0 Å². The van der Waals surface area contributed by atoms with E-state index in [1.54, 1.807) is 0 Å². The van der Waals surface area contributed by atoms with Crippen LogP contribution in [0.5, 0.6) is 0 Å². The van der Waals surface area contributed by atoms with Gasteiger partial charge in [-0.3, -0.25) is 4.79 Å². The van der Waals surface area contributed by atoms with Crippen LogP contribution in [0.15, 0.2) is 11.6 Å². The summed E-state index contributed by atoms with van der Waals surface area (Å²) in [5, 5.41) is 0. The van der Waals surface area contributed by atoms with E-state index >= 15 is 0 Å². The van der Waals surface area contributed by atoms with E-state index in [4.69, 9.17) is 0 Å². The highest BCUT2D eigenvalue weighted by molar-refractivity contribution is 5.92. The molecule has 2 rings (SSSR count). The number of rotatable bonds is 1. The maximum absolute atomic E-state index is 11.7. The predicted octanol–water partition coefficient (Wildman–Crippen LogP) is 3.98. The minimum atomic E-state index is 0.319. The molecule has 2 aliphatic carbocycles. The molecule has 0 N–H and O–H groups in total. The van der Waals surface area contributed by atoms with Crippen LogP contribution in [-0.2, 0) is 4.79 Å². The molecule has 0 aromatic rings. The highest BCUT2D eigenvalue weighted by atomic mass is 16.1. The van der Waals surface area contributed by atoms with Crippen molar-refractivity contribution in [1.29, 1.82) is 0 Å². The first-order valence-electron chi connectivity index (χ1n) is 6.67. The molecule has 0 bridgehead atoms. The lowest BCUT2D eigenvalue weighted by molar-refractivity contribution is -0.117. The summed E-state index contributed by atoms with van der Waals surface area (Å²) in [6.45, 7) is 9.23. The smallest absolute Gasteiger partial charge is 0.155 e. The largest absolute Gasteiger partial charge is 0.295 e. The van der Waals surface area contributed by atoms with Crippen molar-refractivity contribution < 1.29 is 4.79 Å². The van der Waals surface area contributed by atoms with Gasteiger partial charge in [0.15, 0.2) is 5.78 Å². The molecule has 1 heteroatoms. The fourth-order valence-electron chi connectivity index (χ4n) is 3.40. The lowest BCUT2D eigenvalue weighted by atomic mass is 9.58. The zero-order chi connectivity index (χ0) is 11.9. The monoisotopic (exact) mass is 220 g/mol. The Balaban J connectivity index is 2.26. The Labute approximate surface area is 99.3 Å². The summed E-state index contributed by atoms with van der Waals surface area (Å²) in [5.41, 5.74) is 1.76. The van der Waals surface area contributed by atoms with Gasteiger partial charge in [0.1, 0.15) is 0 Å². The van der Waals surface area contributed by atoms with Gasteiger partial charge in [0, 0.05) is 6.42 Å². The van der Waals surface area contributed by atoms with Crippen LogP contribution in [0.3, 0.4) is 0 Å². The summed E-state index contributed by atoms with van der Waals surface area (Å²) in [4.78, 5) is 11.7. The van der Waals surface area contributed by atoms with Crippen molar-refractivity contribution in [2.75, 3.05) is 0 Å². The molecule has 1 saturated carbocycles. The quantitative estimate of drug-likeness (QED) is 0.653. The van der Waals surface area contributed by atoms with Gasteiger partial charge in [-0.05, 0) is 48.5 Å². The molecule has 0 radical (unpaired) electrons. The second kappa shape index (κ2) is 4.01. The highest BCUT2D eigenvalue weighted by Gasteiger charge is 2.43. The van der Waals surface area contributed by atoms with Gasteiger partial charge >= 0.3 is 0 Å². The zero-order valence-corrected chi connectivity index (χ0v) is 11.0. The van der Waals surface area contributed by atoms with Crippen molar-refractivity contribution in [3.63, 3.8) is 0 Å². The summed E-state index contributed by atoms with van der Waals surface area (Å²) < 4.78 is 0. The second-order valence-corrected chi connectivity index (χ2v) is 6.41. The second-order valence-electron chi connectivity index (χ2n) is 6.41. The number of carbonyl (C=O) groups is 1. The lowest BCUT2D eigenvalue weighted by Crippen LogP contribution is -2.38. The summed E-state index contributed by atoms with van der Waals surface area (Å²) in [7, 11) is 0. The zero-order valence-electron chi connectivity index (χ0n) is 11.0. The average Bonchev–Trinajstić information content (AvgIpc) is 2.19. The molecule has 0 aromatic carbocycles. The fraction of sp³-hybridized carbons (Fsp3) is 0.800. The first kappa shape index (κ1) is 11.9. The van der Waals surface area contributed by atoms with Gasteiger partial charge in [0.25, 0.3) is 0 Å². The van der Waals surface area contributed by atoms with Crippen LogP contribution in [0, 0.1) is 23.2 Å². The Kier molecular flexibility index (Phi) is 2.98. The van der Waals surface area contributed by atoms with Gasteiger partial charge in [-0.2, -0.15) is 0 Å². The Morgan fingerprint density at radius 1 is 1.38 bits per heavy atom. The van der Waals surface area contributed by atoms with Crippen LogP contribution in [0.2, 0.25) is 0 Å². The third kappa shape index (κ3) is 1.85. The number of hydrogen-bond donors (Lipinski definition) is 0. The van der Waals surface area contributed by atoms with Gasteiger partial charge in [0.2, 0.25) is 0 Å². The molecule has 1 fully saturated rings. The molecule has 0 amide bonds. The lowest BCUT2D eigenvalue weighted by Gasteiger charge is -2.47. The Morgan fingerprint density at radius 2 is 2.06 bits per heavy atom. The molecule has 0 spiro atoms. The standard InChI is InChI=1S/C15H24O/c1-10(2)12-5-6-15(4)11(3)7-14(16)9-13(15)8-12/h9-12H,5-8H2,1-4H3/t11-,12-,15+/m1/s1. The normalized spacial score (nSPS) is 39.6. The van der Waals surface area contributed by atoms with Crippen molar-refractivity contribution in [2.45, 2.75) is 53.4 Å². The van der Waals surface area contributed by atoms with Crippen LogP contribution in [0.4, 0.5) is 0 Å². The molecule has 0 aromatic heterocycles. The van der Waals surface area contributed by atoms with Crippen molar-refractivity contribution in [3.05, 3.63) is 11.6 Å². The van der Waals surface area contributed by atoms with Crippen molar-refractivity contribution >= 4 is 5.78 Å². The Morgan fingerprint density at radius 3 is 2.69 bits per heavy atom. The van der Waals surface area contributed by atoms with Crippen molar-refractivity contribution in [1.82, 2.24) is 0 Å². The maximum Gasteiger partial charge on any atom is 0.155 e. The summed E-state index contributed by atoms with van der Waals surface area (Å²) in [6, 6.07) is 0. The molecule has 0 saturated heterocycles. The van der Waals surface area contributed by atoms with Crippen LogP contribution in [-0.4, -0.2) is 5.78 Å². The maximum atomic E-state index is 11.7. The number of ketones is 1. The van der Waals surface area contributed by atoms with E-state index < -0.39 is 0 Å². The van der Waals surface area contributed by atoms with Gasteiger partial charge in [-0.1, -0.05) is 33.3 Å². The van der Waals surface area contributed by atoms with Crippen LogP contribution in [0.1, 0.15) is 53.4 Å². The van der Waals surface area contributed by atoms with Crippen LogP contribution in [0.25, 0.3) is 0 Å². The topological polar surface area (TPSA) is 17.1 Å². The first-order chi connectivity index (χ1) is 7.43. The molecule has 16 heavy (non-hydrogen) atoms. The number of carbonyl (C=O) groups excluding carboxylic acids is 1.